The largest absolute Gasteiger partial charge is 0.314 e. The van der Waals surface area contributed by atoms with Crippen molar-refractivity contribution < 1.29 is 0 Å². The van der Waals surface area contributed by atoms with Crippen LogP contribution >= 0.6 is 0 Å². The lowest BCUT2D eigenvalue weighted by Crippen LogP contribution is -2.32. The Morgan fingerprint density at radius 1 is 1.14 bits per heavy atom. The predicted octanol–water partition coefficient (Wildman–Crippen LogP) is 4.16. The lowest BCUT2D eigenvalue weighted by Gasteiger charge is -2.23. The molecule has 3 nitrogen and oxygen atoms in total. The van der Waals surface area contributed by atoms with Crippen molar-refractivity contribution in [3.8, 4) is 0 Å². The summed E-state index contributed by atoms with van der Waals surface area (Å²) >= 11 is 0. The highest BCUT2D eigenvalue weighted by molar-refractivity contribution is 5.24. The number of rotatable bonds is 10. The molecule has 0 bridgehead atoms. The summed E-state index contributed by atoms with van der Waals surface area (Å²) in [5.74, 6) is 0.857. The molecule has 1 N–H and O–H groups in total. The van der Waals surface area contributed by atoms with E-state index in [0.717, 1.165) is 18.9 Å². The van der Waals surface area contributed by atoms with Gasteiger partial charge < -0.3 is 5.32 Å². The van der Waals surface area contributed by atoms with Gasteiger partial charge in [0, 0.05) is 18.8 Å². The van der Waals surface area contributed by atoms with Gasteiger partial charge in [-0.3, -0.25) is 4.68 Å². The number of aryl methyl sites for hydroxylation is 2. The summed E-state index contributed by atoms with van der Waals surface area (Å²) < 4.78 is 2.01. The first-order chi connectivity index (χ1) is 10.0. The molecule has 1 aromatic heterocycles. The Morgan fingerprint density at radius 3 is 2.29 bits per heavy atom. The SMILES string of the molecule is CCCNC(CCc1c(C)nn(C)c1C)CC(CC)CC. The molecule has 0 amide bonds. The second-order valence-corrected chi connectivity index (χ2v) is 6.38. The fourth-order valence-corrected chi connectivity index (χ4v) is 3.17. The van der Waals surface area contributed by atoms with Gasteiger partial charge in [-0.2, -0.15) is 5.10 Å². The maximum Gasteiger partial charge on any atom is 0.0628 e. The first-order valence-corrected chi connectivity index (χ1v) is 8.75. The van der Waals surface area contributed by atoms with Crippen molar-refractivity contribution in [3.63, 3.8) is 0 Å². The van der Waals surface area contributed by atoms with E-state index in [-0.39, 0.29) is 0 Å². The third-order valence-corrected chi connectivity index (χ3v) is 4.86. The maximum absolute atomic E-state index is 4.54. The number of hydrogen-bond acceptors (Lipinski definition) is 2. The lowest BCUT2D eigenvalue weighted by atomic mass is 9.91. The van der Waals surface area contributed by atoms with E-state index in [0.29, 0.717) is 6.04 Å². The highest BCUT2D eigenvalue weighted by Gasteiger charge is 2.16. The summed E-state index contributed by atoms with van der Waals surface area (Å²) in [6, 6.07) is 0.647. The molecule has 0 aromatic carbocycles. The van der Waals surface area contributed by atoms with Crippen LogP contribution in [0.15, 0.2) is 0 Å². The number of nitrogens with zero attached hydrogens (tertiary/aromatic N) is 2. The van der Waals surface area contributed by atoms with Crippen LogP contribution in [0.25, 0.3) is 0 Å². The van der Waals surface area contributed by atoms with E-state index in [9.17, 15) is 0 Å². The predicted molar refractivity (Wildman–Crippen MR) is 91.8 cm³/mol. The molecule has 1 atom stereocenters. The van der Waals surface area contributed by atoms with Crippen molar-refractivity contribution in [1.29, 1.82) is 0 Å². The molecule has 1 rings (SSSR count). The summed E-state index contributed by atoms with van der Waals surface area (Å²) in [6.45, 7) is 12.3. The summed E-state index contributed by atoms with van der Waals surface area (Å²) in [5.41, 5.74) is 3.97. The molecule has 1 unspecified atom stereocenters. The quantitative estimate of drug-likeness (QED) is 0.702. The normalized spacial score (nSPS) is 13.1. The summed E-state index contributed by atoms with van der Waals surface area (Å²) in [4.78, 5) is 0. The van der Waals surface area contributed by atoms with Crippen molar-refractivity contribution in [2.45, 2.75) is 79.2 Å². The fraction of sp³-hybridized carbons (Fsp3) is 0.833. The molecule has 0 aliphatic rings. The number of nitrogens with one attached hydrogen (secondary N) is 1. The summed E-state index contributed by atoms with van der Waals surface area (Å²) in [7, 11) is 2.04. The average molecular weight is 293 g/mol. The number of aromatic nitrogens is 2. The highest BCUT2D eigenvalue weighted by Crippen LogP contribution is 2.20. The Morgan fingerprint density at radius 2 is 1.81 bits per heavy atom. The van der Waals surface area contributed by atoms with Gasteiger partial charge >= 0.3 is 0 Å². The van der Waals surface area contributed by atoms with E-state index in [1.54, 1.807) is 0 Å². The minimum Gasteiger partial charge on any atom is -0.314 e. The molecule has 0 fully saturated rings. The van der Waals surface area contributed by atoms with Crippen molar-refractivity contribution in [2.75, 3.05) is 6.54 Å². The molecule has 3 heteroatoms. The third kappa shape index (κ3) is 5.46. The third-order valence-electron chi connectivity index (χ3n) is 4.86. The Balaban J connectivity index is 2.63. The Bertz CT molecular complexity index is 405. The molecule has 0 aliphatic carbocycles. The smallest absolute Gasteiger partial charge is 0.0628 e. The summed E-state index contributed by atoms with van der Waals surface area (Å²) in [6.07, 6.45) is 7.49. The molecule has 1 heterocycles. The topological polar surface area (TPSA) is 29.9 Å². The minimum absolute atomic E-state index is 0.647. The van der Waals surface area contributed by atoms with Gasteiger partial charge in [0.05, 0.1) is 5.69 Å². The van der Waals surface area contributed by atoms with Crippen molar-refractivity contribution in [1.82, 2.24) is 15.1 Å². The zero-order valence-electron chi connectivity index (χ0n) is 15.0. The zero-order chi connectivity index (χ0) is 15.8. The van der Waals surface area contributed by atoms with Crippen LogP contribution in [0.2, 0.25) is 0 Å². The van der Waals surface area contributed by atoms with E-state index in [2.05, 4.69) is 45.0 Å². The molecular weight excluding hydrogens is 258 g/mol. The van der Waals surface area contributed by atoms with Crippen molar-refractivity contribution in [3.05, 3.63) is 17.0 Å². The van der Waals surface area contributed by atoms with Crippen molar-refractivity contribution >= 4 is 0 Å². The van der Waals surface area contributed by atoms with Crippen LogP contribution in [-0.2, 0) is 13.5 Å². The van der Waals surface area contributed by atoms with E-state index in [4.69, 9.17) is 0 Å². The minimum atomic E-state index is 0.647. The Kier molecular flexibility index (Phi) is 8.02. The van der Waals surface area contributed by atoms with Gasteiger partial charge in [-0.25, -0.2) is 0 Å². The second kappa shape index (κ2) is 9.24. The van der Waals surface area contributed by atoms with Crippen molar-refractivity contribution in [2.24, 2.45) is 13.0 Å². The molecule has 0 radical (unpaired) electrons. The standard InChI is InChI=1S/C18H35N3/c1-7-12-19-17(13-16(8-2)9-3)10-11-18-14(4)20-21(6)15(18)5/h16-17,19H,7-13H2,1-6H3. The molecule has 0 saturated heterocycles. The second-order valence-electron chi connectivity index (χ2n) is 6.38. The molecular formula is C18H35N3. The molecule has 0 aliphatic heterocycles. The van der Waals surface area contributed by atoms with Gasteiger partial charge in [-0.15, -0.1) is 0 Å². The zero-order valence-corrected chi connectivity index (χ0v) is 15.0. The fourth-order valence-electron chi connectivity index (χ4n) is 3.17. The summed E-state index contributed by atoms with van der Waals surface area (Å²) in [5, 5.41) is 8.30. The maximum atomic E-state index is 4.54. The number of hydrogen-bond donors (Lipinski definition) is 1. The van der Waals surface area contributed by atoms with Crippen LogP contribution < -0.4 is 5.32 Å². The van der Waals surface area contributed by atoms with E-state index in [1.165, 1.54) is 49.1 Å². The molecule has 122 valence electrons. The van der Waals surface area contributed by atoms with E-state index in [1.807, 2.05) is 11.7 Å². The molecule has 0 spiro atoms. The molecule has 0 saturated carbocycles. The van der Waals surface area contributed by atoms with E-state index < -0.39 is 0 Å². The first-order valence-electron chi connectivity index (χ1n) is 8.75. The van der Waals surface area contributed by atoms with Gasteiger partial charge in [-0.05, 0) is 57.6 Å². The van der Waals surface area contributed by atoms with Crippen LogP contribution in [0.5, 0.6) is 0 Å². The Hall–Kier alpha value is -0.830. The van der Waals surface area contributed by atoms with Gasteiger partial charge in [0.25, 0.3) is 0 Å². The Labute approximate surface area is 131 Å². The van der Waals surface area contributed by atoms with Gasteiger partial charge in [-0.1, -0.05) is 33.6 Å². The average Bonchev–Trinajstić information content (AvgIpc) is 2.72. The monoisotopic (exact) mass is 293 g/mol. The van der Waals surface area contributed by atoms with Crippen LogP contribution in [0.3, 0.4) is 0 Å². The molecule has 21 heavy (non-hydrogen) atoms. The van der Waals surface area contributed by atoms with Crippen LogP contribution in [0.1, 0.15) is 69.8 Å². The van der Waals surface area contributed by atoms with Crippen LogP contribution in [0.4, 0.5) is 0 Å². The van der Waals surface area contributed by atoms with Crippen LogP contribution in [-0.4, -0.2) is 22.4 Å². The van der Waals surface area contributed by atoms with Gasteiger partial charge in [0.15, 0.2) is 0 Å². The van der Waals surface area contributed by atoms with E-state index >= 15 is 0 Å². The highest BCUT2D eigenvalue weighted by atomic mass is 15.3. The van der Waals surface area contributed by atoms with Gasteiger partial charge in [0.1, 0.15) is 0 Å². The lowest BCUT2D eigenvalue weighted by molar-refractivity contribution is 0.351. The first kappa shape index (κ1) is 18.2. The molecule has 1 aromatic rings. The van der Waals surface area contributed by atoms with Crippen LogP contribution in [0, 0.1) is 19.8 Å². The van der Waals surface area contributed by atoms with Gasteiger partial charge in [0.2, 0.25) is 0 Å².